The molecule has 2 amide bonds. The van der Waals surface area contributed by atoms with Crippen LogP contribution in [0.2, 0.25) is 5.15 Å². The Labute approximate surface area is 225 Å². The van der Waals surface area contributed by atoms with E-state index < -0.39 is 5.97 Å². The van der Waals surface area contributed by atoms with Crippen molar-refractivity contribution in [3.63, 3.8) is 0 Å². The van der Waals surface area contributed by atoms with Gasteiger partial charge in [-0.25, -0.2) is 9.78 Å². The highest BCUT2D eigenvalue weighted by Gasteiger charge is 2.25. The number of nitrogens with one attached hydrogen (secondary N) is 1. The molecule has 9 heteroatoms. The van der Waals surface area contributed by atoms with Gasteiger partial charge in [0.15, 0.2) is 0 Å². The third kappa shape index (κ3) is 5.40. The molecule has 2 aromatic carbocycles. The molecular weight excluding hydrogens is 504 g/mol. The average molecular weight is 531 g/mol. The Hall–Kier alpha value is -4.17. The number of likely N-dealkylation sites (tertiary alicyclic amines) is 1. The fourth-order valence-electron chi connectivity index (χ4n) is 4.68. The summed E-state index contributed by atoms with van der Waals surface area (Å²) < 4.78 is 6.66. The molecule has 1 fully saturated rings. The first-order valence-corrected chi connectivity index (χ1v) is 12.9. The summed E-state index contributed by atoms with van der Waals surface area (Å²) in [4.78, 5) is 43.7. The number of benzene rings is 2. The summed E-state index contributed by atoms with van der Waals surface area (Å²) >= 11 is 6.16. The van der Waals surface area contributed by atoms with Crippen LogP contribution in [0.15, 0.2) is 72.9 Å². The van der Waals surface area contributed by atoms with Crippen molar-refractivity contribution >= 4 is 40.7 Å². The molecule has 8 nitrogen and oxygen atoms in total. The molecule has 0 atom stereocenters. The molecule has 0 bridgehead atoms. The molecule has 1 aliphatic rings. The minimum Gasteiger partial charge on any atom is -0.462 e. The number of halogens is 1. The Kier molecular flexibility index (Phi) is 7.42. The number of nitrogens with zero attached hydrogens (tertiary/aromatic N) is 3. The summed E-state index contributed by atoms with van der Waals surface area (Å²) in [6, 6.07) is 19.7. The second-order valence-corrected chi connectivity index (χ2v) is 9.53. The number of rotatable bonds is 6. The summed E-state index contributed by atoms with van der Waals surface area (Å²) in [7, 11) is 0. The minimum absolute atomic E-state index is 0.0369. The molecule has 0 radical (unpaired) electrons. The molecule has 1 saturated heterocycles. The first kappa shape index (κ1) is 25.5. The van der Waals surface area contributed by atoms with E-state index in [4.69, 9.17) is 16.3 Å². The van der Waals surface area contributed by atoms with Crippen LogP contribution in [0.25, 0.3) is 5.65 Å². The summed E-state index contributed by atoms with van der Waals surface area (Å²) in [5.41, 5.74) is 3.74. The molecule has 1 aliphatic heterocycles. The lowest BCUT2D eigenvalue weighted by molar-refractivity contribution is 0.0525. The number of hydrogen-bond acceptors (Lipinski definition) is 5. The molecule has 4 aromatic rings. The number of carbonyl (C=O) groups excluding carboxylic acids is 3. The van der Waals surface area contributed by atoms with Crippen molar-refractivity contribution in [3.05, 3.63) is 100 Å². The number of pyridine rings is 1. The number of amides is 2. The van der Waals surface area contributed by atoms with Gasteiger partial charge in [0.25, 0.3) is 11.8 Å². The molecule has 3 heterocycles. The third-order valence-corrected chi connectivity index (χ3v) is 7.05. The summed E-state index contributed by atoms with van der Waals surface area (Å²) in [6.07, 6.45) is 3.31. The normalized spacial score (nSPS) is 13.9. The minimum atomic E-state index is -0.391. The number of imidazole rings is 1. The fraction of sp³-hybridized carbons (Fsp3) is 0.241. The number of piperidine rings is 1. The van der Waals surface area contributed by atoms with Crippen LogP contribution in [-0.4, -0.2) is 51.8 Å². The Bertz CT molecular complexity index is 1470. The van der Waals surface area contributed by atoms with E-state index in [0.717, 1.165) is 12.8 Å². The standard InChI is InChI=1S/C29H27ClN4O4/c1-2-38-29(37)22-8-6-21(7-9-22)28(36)33-16-14-20(15-17-33)19-10-12-23(13-11-19)31-27(35)24-18-34-25(30)4-3-5-26(34)32-24/h3-13,18,20H,2,14-17H2,1H3,(H,31,35). The van der Waals surface area contributed by atoms with Gasteiger partial charge in [-0.2, -0.15) is 0 Å². The van der Waals surface area contributed by atoms with E-state index in [9.17, 15) is 14.4 Å². The maximum absolute atomic E-state index is 12.9. The van der Waals surface area contributed by atoms with Crippen molar-refractivity contribution in [3.8, 4) is 0 Å². The highest BCUT2D eigenvalue weighted by Crippen LogP contribution is 2.29. The van der Waals surface area contributed by atoms with Gasteiger partial charge in [-0.05, 0) is 79.8 Å². The SMILES string of the molecule is CCOC(=O)c1ccc(C(=O)N2CCC(c3ccc(NC(=O)c4cn5c(Cl)cccc5n4)cc3)CC2)cc1. The number of hydrogen-bond donors (Lipinski definition) is 1. The van der Waals surface area contributed by atoms with E-state index in [2.05, 4.69) is 10.3 Å². The number of esters is 1. The lowest BCUT2D eigenvalue weighted by atomic mass is 9.89. The molecule has 0 spiro atoms. The van der Waals surface area contributed by atoms with Crippen molar-refractivity contribution < 1.29 is 19.1 Å². The van der Waals surface area contributed by atoms with Gasteiger partial charge in [-0.15, -0.1) is 0 Å². The number of aromatic nitrogens is 2. The monoisotopic (exact) mass is 530 g/mol. The smallest absolute Gasteiger partial charge is 0.338 e. The van der Waals surface area contributed by atoms with E-state index in [1.807, 2.05) is 29.2 Å². The van der Waals surface area contributed by atoms with Crippen molar-refractivity contribution in [1.82, 2.24) is 14.3 Å². The van der Waals surface area contributed by atoms with E-state index in [1.54, 1.807) is 60.0 Å². The number of carbonyl (C=O) groups is 3. The average Bonchev–Trinajstić information content (AvgIpc) is 3.40. The van der Waals surface area contributed by atoms with Crippen molar-refractivity contribution in [2.75, 3.05) is 25.0 Å². The van der Waals surface area contributed by atoms with Crippen LogP contribution in [-0.2, 0) is 4.74 Å². The van der Waals surface area contributed by atoms with Gasteiger partial charge >= 0.3 is 5.97 Å². The second kappa shape index (κ2) is 11.1. The van der Waals surface area contributed by atoms with Crippen LogP contribution >= 0.6 is 11.6 Å². The van der Waals surface area contributed by atoms with Crippen LogP contribution in [0.4, 0.5) is 5.69 Å². The number of anilines is 1. The van der Waals surface area contributed by atoms with Crippen LogP contribution < -0.4 is 5.32 Å². The molecule has 5 rings (SSSR count). The zero-order chi connectivity index (χ0) is 26.6. The molecule has 194 valence electrons. The van der Waals surface area contributed by atoms with Gasteiger partial charge in [-0.1, -0.05) is 29.8 Å². The predicted octanol–water partition coefficient (Wildman–Crippen LogP) is 5.44. The zero-order valence-electron chi connectivity index (χ0n) is 20.9. The first-order chi connectivity index (χ1) is 18.4. The molecule has 0 saturated carbocycles. The number of fused-ring (bicyclic) bond motifs is 1. The van der Waals surface area contributed by atoms with Gasteiger partial charge in [-0.3, -0.25) is 14.0 Å². The van der Waals surface area contributed by atoms with Crippen molar-refractivity contribution in [1.29, 1.82) is 0 Å². The van der Waals surface area contributed by atoms with E-state index in [0.29, 0.717) is 53.2 Å². The molecular formula is C29H27ClN4O4. The Morgan fingerprint density at radius 3 is 2.32 bits per heavy atom. The van der Waals surface area contributed by atoms with E-state index in [-0.39, 0.29) is 17.5 Å². The molecule has 0 aliphatic carbocycles. The van der Waals surface area contributed by atoms with Crippen LogP contribution in [0.3, 0.4) is 0 Å². The maximum Gasteiger partial charge on any atom is 0.338 e. The lowest BCUT2D eigenvalue weighted by Crippen LogP contribution is -2.37. The van der Waals surface area contributed by atoms with Gasteiger partial charge < -0.3 is 15.0 Å². The Morgan fingerprint density at radius 1 is 0.974 bits per heavy atom. The summed E-state index contributed by atoms with van der Waals surface area (Å²) in [5, 5.41) is 3.37. The first-order valence-electron chi connectivity index (χ1n) is 12.5. The van der Waals surface area contributed by atoms with Crippen LogP contribution in [0.1, 0.15) is 62.5 Å². The van der Waals surface area contributed by atoms with Crippen molar-refractivity contribution in [2.45, 2.75) is 25.7 Å². The predicted molar refractivity (Wildman–Crippen MR) is 145 cm³/mol. The van der Waals surface area contributed by atoms with Gasteiger partial charge in [0.2, 0.25) is 0 Å². The molecule has 0 unspecified atom stereocenters. The molecule has 2 aromatic heterocycles. The van der Waals surface area contributed by atoms with Crippen LogP contribution in [0, 0.1) is 0 Å². The summed E-state index contributed by atoms with van der Waals surface area (Å²) in [6.45, 7) is 3.37. The van der Waals surface area contributed by atoms with Crippen molar-refractivity contribution in [2.24, 2.45) is 0 Å². The third-order valence-electron chi connectivity index (χ3n) is 6.74. The second-order valence-electron chi connectivity index (χ2n) is 9.14. The zero-order valence-corrected chi connectivity index (χ0v) is 21.6. The van der Waals surface area contributed by atoms with Crippen LogP contribution in [0.5, 0.6) is 0 Å². The highest BCUT2D eigenvalue weighted by molar-refractivity contribution is 6.29. The molecule has 1 N–H and O–H groups in total. The van der Waals surface area contributed by atoms with Gasteiger partial charge in [0.1, 0.15) is 16.5 Å². The maximum atomic E-state index is 12.9. The largest absolute Gasteiger partial charge is 0.462 e. The number of ether oxygens (including phenoxy) is 1. The fourth-order valence-corrected chi connectivity index (χ4v) is 4.89. The molecule has 38 heavy (non-hydrogen) atoms. The van der Waals surface area contributed by atoms with E-state index >= 15 is 0 Å². The summed E-state index contributed by atoms with van der Waals surface area (Å²) in [5.74, 6) is -0.404. The Morgan fingerprint density at radius 2 is 1.66 bits per heavy atom. The quantitative estimate of drug-likeness (QED) is 0.265. The van der Waals surface area contributed by atoms with Gasteiger partial charge in [0, 0.05) is 30.5 Å². The lowest BCUT2D eigenvalue weighted by Gasteiger charge is -2.32. The highest BCUT2D eigenvalue weighted by atomic mass is 35.5. The van der Waals surface area contributed by atoms with Gasteiger partial charge in [0.05, 0.1) is 12.2 Å². The Balaban J connectivity index is 1.16. The van der Waals surface area contributed by atoms with E-state index in [1.165, 1.54) is 5.56 Å². The topological polar surface area (TPSA) is 93.0 Å².